The molecule has 0 bridgehead atoms. The molecule has 196 valence electrons. The topological polar surface area (TPSA) is 114 Å². The SMILES string of the molecule is Cc1ccc(Nc2nc3cc(Oc4ccnc(C(=O)NCCO)c4)ccc3n2C)cc1-c1ccnc(F)c1.[HH].[HH]. The largest absolute Gasteiger partial charge is 0.457 e. The fraction of sp³-hybridized carbons (Fsp3) is 0.143. The zero-order valence-corrected chi connectivity index (χ0v) is 20.8. The highest BCUT2D eigenvalue weighted by atomic mass is 19.1. The highest BCUT2D eigenvalue weighted by Gasteiger charge is 2.13. The summed E-state index contributed by atoms with van der Waals surface area (Å²) in [7, 11) is 1.91. The Morgan fingerprint density at radius 3 is 2.68 bits per heavy atom. The van der Waals surface area contributed by atoms with Crippen LogP contribution in [0.2, 0.25) is 0 Å². The second-order valence-corrected chi connectivity index (χ2v) is 8.63. The molecule has 3 N–H and O–H groups in total. The normalized spacial score (nSPS) is 10.9. The smallest absolute Gasteiger partial charge is 0.270 e. The number of halogens is 1. The van der Waals surface area contributed by atoms with Gasteiger partial charge in [0.25, 0.3) is 5.91 Å². The van der Waals surface area contributed by atoms with Crippen molar-refractivity contribution >= 4 is 28.6 Å². The van der Waals surface area contributed by atoms with E-state index >= 15 is 0 Å². The van der Waals surface area contributed by atoms with Crippen molar-refractivity contribution in [3.8, 4) is 22.6 Å². The van der Waals surface area contributed by atoms with Crippen LogP contribution in [-0.4, -0.2) is 43.7 Å². The lowest BCUT2D eigenvalue weighted by molar-refractivity contribution is 0.0939. The van der Waals surface area contributed by atoms with Crippen molar-refractivity contribution in [1.82, 2.24) is 24.8 Å². The molecule has 0 spiro atoms. The van der Waals surface area contributed by atoms with Gasteiger partial charge in [0.15, 0.2) is 0 Å². The summed E-state index contributed by atoms with van der Waals surface area (Å²) in [5.41, 5.74) is 5.25. The number of anilines is 2. The summed E-state index contributed by atoms with van der Waals surface area (Å²) in [6, 6.07) is 17.8. The summed E-state index contributed by atoms with van der Waals surface area (Å²) in [6.07, 6.45) is 2.94. The predicted molar refractivity (Wildman–Crippen MR) is 146 cm³/mol. The summed E-state index contributed by atoms with van der Waals surface area (Å²) in [6.45, 7) is 1.96. The van der Waals surface area contributed by atoms with E-state index in [2.05, 4.69) is 20.6 Å². The average molecular weight is 517 g/mol. The Kier molecular flexibility index (Phi) is 6.96. The number of aromatic nitrogens is 4. The molecule has 10 heteroatoms. The Bertz CT molecular complexity index is 1650. The molecule has 0 unspecified atom stereocenters. The number of carbonyl (C=O) groups excluding carboxylic acids is 1. The van der Waals surface area contributed by atoms with Crippen LogP contribution in [0.5, 0.6) is 11.5 Å². The molecule has 0 aliphatic heterocycles. The molecule has 9 nitrogen and oxygen atoms in total. The standard InChI is InChI=1S/C28H25FN6O3.2H2/c1-17-3-4-19(14-22(17)18-7-9-31-26(29)13-18)33-28-34-23-15-20(5-6-25(23)35(28)2)38-21-8-10-30-24(16-21)27(37)32-11-12-36;;/h3-10,13-16,36H,11-12H2,1-2H3,(H,32,37)(H,33,34);2*1H. The Labute approximate surface area is 220 Å². The zero-order chi connectivity index (χ0) is 26.6. The monoisotopic (exact) mass is 516 g/mol. The number of nitrogens with zero attached hydrogens (tertiary/aromatic N) is 4. The molecule has 0 saturated carbocycles. The van der Waals surface area contributed by atoms with Crippen LogP contribution in [-0.2, 0) is 7.05 Å². The van der Waals surface area contributed by atoms with Crippen LogP contribution in [0.15, 0.2) is 73.1 Å². The van der Waals surface area contributed by atoms with Gasteiger partial charge in [0.05, 0.1) is 17.6 Å². The fourth-order valence-electron chi connectivity index (χ4n) is 4.06. The number of amides is 1. The van der Waals surface area contributed by atoms with E-state index in [1.54, 1.807) is 12.1 Å². The highest BCUT2D eigenvalue weighted by Crippen LogP contribution is 2.31. The summed E-state index contributed by atoms with van der Waals surface area (Å²) in [5, 5.41) is 14.8. The molecule has 0 aliphatic carbocycles. The van der Waals surface area contributed by atoms with Crippen molar-refractivity contribution in [2.75, 3.05) is 18.5 Å². The summed E-state index contributed by atoms with van der Waals surface area (Å²) >= 11 is 0. The Balaban J connectivity index is 0.00000220. The minimum absolute atomic E-state index is 0. The lowest BCUT2D eigenvalue weighted by Crippen LogP contribution is -2.27. The first-order chi connectivity index (χ1) is 18.4. The van der Waals surface area contributed by atoms with E-state index in [9.17, 15) is 9.18 Å². The van der Waals surface area contributed by atoms with Gasteiger partial charge in [0.1, 0.15) is 17.2 Å². The average Bonchev–Trinajstić information content (AvgIpc) is 3.22. The van der Waals surface area contributed by atoms with Gasteiger partial charge in [-0.1, -0.05) is 6.07 Å². The van der Waals surface area contributed by atoms with Crippen LogP contribution < -0.4 is 15.4 Å². The molecule has 0 fully saturated rings. The number of hydrogen-bond acceptors (Lipinski definition) is 7. The van der Waals surface area contributed by atoms with E-state index in [-0.39, 0.29) is 21.7 Å². The number of benzene rings is 2. The Morgan fingerprint density at radius 1 is 1.05 bits per heavy atom. The van der Waals surface area contributed by atoms with Crippen molar-refractivity contribution in [2.45, 2.75) is 6.92 Å². The number of ether oxygens (including phenoxy) is 1. The first-order valence-electron chi connectivity index (χ1n) is 11.9. The third kappa shape index (κ3) is 5.30. The number of hydrogen-bond donors (Lipinski definition) is 3. The maximum Gasteiger partial charge on any atom is 0.270 e. The third-order valence-corrected chi connectivity index (χ3v) is 5.98. The van der Waals surface area contributed by atoms with E-state index in [1.807, 2.05) is 54.9 Å². The molecule has 3 heterocycles. The lowest BCUT2D eigenvalue weighted by Gasteiger charge is -2.11. The van der Waals surface area contributed by atoms with Crippen molar-refractivity contribution in [2.24, 2.45) is 7.05 Å². The second kappa shape index (κ2) is 10.7. The number of aliphatic hydroxyl groups is 1. The number of imidazole rings is 1. The van der Waals surface area contributed by atoms with Gasteiger partial charge in [-0.05, 0) is 60.0 Å². The molecule has 0 saturated heterocycles. The third-order valence-electron chi connectivity index (χ3n) is 5.98. The van der Waals surface area contributed by atoms with Gasteiger partial charge in [-0.25, -0.2) is 9.97 Å². The molecule has 0 aliphatic rings. The highest BCUT2D eigenvalue weighted by molar-refractivity contribution is 5.92. The predicted octanol–water partition coefficient (Wildman–Crippen LogP) is 5.23. The lowest BCUT2D eigenvalue weighted by atomic mass is 10.0. The van der Waals surface area contributed by atoms with Gasteiger partial charge in [-0.3, -0.25) is 9.78 Å². The minimum atomic E-state index is -0.526. The molecule has 1 amide bonds. The van der Waals surface area contributed by atoms with Crippen molar-refractivity contribution in [3.63, 3.8) is 0 Å². The summed E-state index contributed by atoms with van der Waals surface area (Å²) < 4.78 is 21.6. The van der Waals surface area contributed by atoms with E-state index in [0.29, 0.717) is 23.0 Å². The zero-order valence-electron chi connectivity index (χ0n) is 20.8. The molecule has 38 heavy (non-hydrogen) atoms. The van der Waals surface area contributed by atoms with Crippen LogP contribution in [0, 0.1) is 12.9 Å². The summed E-state index contributed by atoms with van der Waals surface area (Å²) in [5.74, 6) is 0.699. The number of fused-ring (bicyclic) bond motifs is 1. The first-order valence-corrected chi connectivity index (χ1v) is 11.9. The van der Waals surface area contributed by atoms with E-state index in [0.717, 1.165) is 27.9 Å². The molecule has 5 rings (SSSR count). The van der Waals surface area contributed by atoms with Crippen LogP contribution >= 0.6 is 0 Å². The molecule has 0 radical (unpaired) electrons. The van der Waals surface area contributed by atoms with Gasteiger partial charge in [0, 0.05) is 52.7 Å². The minimum Gasteiger partial charge on any atom is -0.457 e. The fourth-order valence-corrected chi connectivity index (χ4v) is 4.06. The van der Waals surface area contributed by atoms with Crippen LogP contribution in [0.1, 0.15) is 18.9 Å². The number of pyridine rings is 2. The molecule has 2 aromatic carbocycles. The molecule has 0 atom stereocenters. The van der Waals surface area contributed by atoms with Gasteiger partial charge < -0.3 is 25.0 Å². The molecular formula is C28H29FN6O3. The van der Waals surface area contributed by atoms with E-state index in [1.165, 1.54) is 24.5 Å². The van der Waals surface area contributed by atoms with E-state index in [4.69, 9.17) is 14.8 Å². The molecular weight excluding hydrogens is 487 g/mol. The number of aliphatic hydroxyl groups excluding tert-OH is 1. The molecule has 3 aromatic heterocycles. The Hall–Kier alpha value is -4.83. The van der Waals surface area contributed by atoms with Crippen LogP contribution in [0.4, 0.5) is 16.0 Å². The quantitative estimate of drug-likeness (QED) is 0.242. The Morgan fingerprint density at radius 2 is 1.87 bits per heavy atom. The number of nitrogens with one attached hydrogen (secondary N) is 2. The van der Waals surface area contributed by atoms with Crippen LogP contribution in [0.3, 0.4) is 0 Å². The van der Waals surface area contributed by atoms with Gasteiger partial charge in [-0.15, -0.1) is 0 Å². The maximum atomic E-state index is 13.7. The summed E-state index contributed by atoms with van der Waals surface area (Å²) in [4.78, 5) is 24.6. The van der Waals surface area contributed by atoms with E-state index < -0.39 is 11.9 Å². The van der Waals surface area contributed by atoms with Crippen LogP contribution in [0.25, 0.3) is 22.2 Å². The van der Waals surface area contributed by atoms with Gasteiger partial charge in [-0.2, -0.15) is 4.39 Å². The number of carbonyl (C=O) groups is 1. The number of aryl methyl sites for hydroxylation is 2. The van der Waals surface area contributed by atoms with Crippen molar-refractivity contribution in [1.29, 1.82) is 0 Å². The van der Waals surface area contributed by atoms with Crippen molar-refractivity contribution in [3.05, 3.63) is 90.3 Å². The maximum absolute atomic E-state index is 13.7. The number of rotatable bonds is 8. The second-order valence-electron chi connectivity index (χ2n) is 8.63. The first kappa shape index (κ1) is 24.8. The van der Waals surface area contributed by atoms with Crippen molar-refractivity contribution < 1.29 is 21.9 Å². The van der Waals surface area contributed by atoms with Gasteiger partial charge in [0.2, 0.25) is 11.9 Å². The molecule has 5 aromatic rings. The van der Waals surface area contributed by atoms with Gasteiger partial charge >= 0.3 is 0 Å².